The standard InChI is InChI=1S/C17H18N2O3/c1-13-7-5-6-10-15(13)22-16(20)12-19-17(21)18-11-14-8-3-2-4-9-14/h2-10H,11-12H2,1H3,(H2,18,19,21). The molecule has 0 heterocycles. The minimum absolute atomic E-state index is 0.186. The van der Waals surface area contributed by atoms with E-state index in [1.54, 1.807) is 12.1 Å². The van der Waals surface area contributed by atoms with Gasteiger partial charge < -0.3 is 15.4 Å². The van der Waals surface area contributed by atoms with Gasteiger partial charge in [0.1, 0.15) is 12.3 Å². The molecule has 0 fully saturated rings. The molecule has 0 aliphatic carbocycles. The Morgan fingerprint density at radius 1 is 0.955 bits per heavy atom. The van der Waals surface area contributed by atoms with Crippen LogP contribution in [0.15, 0.2) is 54.6 Å². The number of ether oxygens (including phenoxy) is 1. The van der Waals surface area contributed by atoms with Crippen LogP contribution in [0.1, 0.15) is 11.1 Å². The van der Waals surface area contributed by atoms with E-state index in [0.717, 1.165) is 11.1 Å². The summed E-state index contributed by atoms with van der Waals surface area (Å²) in [4.78, 5) is 23.3. The Bertz CT molecular complexity index is 641. The van der Waals surface area contributed by atoms with Crippen LogP contribution in [-0.2, 0) is 11.3 Å². The Morgan fingerprint density at radius 3 is 2.36 bits per heavy atom. The highest BCUT2D eigenvalue weighted by atomic mass is 16.5. The summed E-state index contributed by atoms with van der Waals surface area (Å²) in [7, 11) is 0. The molecule has 0 saturated carbocycles. The lowest BCUT2D eigenvalue weighted by Gasteiger charge is -2.09. The van der Waals surface area contributed by atoms with Gasteiger partial charge in [0.2, 0.25) is 0 Å². The van der Waals surface area contributed by atoms with Crippen molar-refractivity contribution in [3.63, 3.8) is 0 Å². The van der Waals surface area contributed by atoms with E-state index in [1.807, 2.05) is 49.4 Å². The molecule has 2 aromatic carbocycles. The molecule has 0 aliphatic rings. The maximum absolute atomic E-state index is 11.7. The molecule has 2 amide bonds. The molecule has 22 heavy (non-hydrogen) atoms. The second kappa shape index (κ2) is 7.83. The van der Waals surface area contributed by atoms with E-state index in [0.29, 0.717) is 12.3 Å². The van der Waals surface area contributed by atoms with E-state index in [9.17, 15) is 9.59 Å². The second-order valence-corrected chi connectivity index (χ2v) is 4.76. The van der Waals surface area contributed by atoms with Crippen molar-refractivity contribution >= 4 is 12.0 Å². The number of amides is 2. The van der Waals surface area contributed by atoms with Gasteiger partial charge in [-0.3, -0.25) is 0 Å². The highest BCUT2D eigenvalue weighted by Gasteiger charge is 2.08. The van der Waals surface area contributed by atoms with E-state index < -0.39 is 12.0 Å². The summed E-state index contributed by atoms with van der Waals surface area (Å²) in [5.41, 5.74) is 1.85. The zero-order chi connectivity index (χ0) is 15.8. The minimum atomic E-state index is -0.510. The number of rotatable bonds is 5. The van der Waals surface area contributed by atoms with E-state index >= 15 is 0 Å². The number of esters is 1. The van der Waals surface area contributed by atoms with E-state index in [-0.39, 0.29) is 6.54 Å². The Labute approximate surface area is 129 Å². The lowest BCUT2D eigenvalue weighted by atomic mass is 10.2. The van der Waals surface area contributed by atoms with Crippen molar-refractivity contribution in [3.8, 4) is 5.75 Å². The van der Waals surface area contributed by atoms with Gasteiger partial charge in [-0.15, -0.1) is 0 Å². The molecule has 0 aromatic heterocycles. The fraction of sp³-hybridized carbons (Fsp3) is 0.176. The molecule has 2 rings (SSSR count). The number of aryl methyl sites for hydroxylation is 1. The van der Waals surface area contributed by atoms with Crippen molar-refractivity contribution in [2.45, 2.75) is 13.5 Å². The van der Waals surface area contributed by atoms with Crippen LogP contribution < -0.4 is 15.4 Å². The smallest absolute Gasteiger partial charge is 0.330 e. The Kier molecular flexibility index (Phi) is 5.54. The maximum Gasteiger partial charge on any atom is 0.330 e. The van der Waals surface area contributed by atoms with Gasteiger partial charge in [-0.05, 0) is 24.1 Å². The van der Waals surface area contributed by atoms with Crippen molar-refractivity contribution in [2.24, 2.45) is 0 Å². The maximum atomic E-state index is 11.7. The highest BCUT2D eigenvalue weighted by molar-refractivity contribution is 5.81. The molecule has 0 saturated heterocycles. The summed E-state index contributed by atoms with van der Waals surface area (Å²) >= 11 is 0. The van der Waals surface area contributed by atoms with Crippen LogP contribution in [0.4, 0.5) is 4.79 Å². The van der Waals surface area contributed by atoms with Crippen LogP contribution >= 0.6 is 0 Å². The van der Waals surface area contributed by atoms with Gasteiger partial charge in [-0.2, -0.15) is 0 Å². The zero-order valence-corrected chi connectivity index (χ0v) is 12.3. The molecule has 114 valence electrons. The summed E-state index contributed by atoms with van der Waals surface area (Å²) in [6.45, 7) is 2.07. The average molecular weight is 298 g/mol. The van der Waals surface area contributed by atoms with Crippen molar-refractivity contribution in [1.29, 1.82) is 0 Å². The molecule has 0 atom stereocenters. The molecule has 2 N–H and O–H groups in total. The van der Waals surface area contributed by atoms with Crippen molar-refractivity contribution < 1.29 is 14.3 Å². The van der Waals surface area contributed by atoms with E-state index in [1.165, 1.54) is 0 Å². The lowest BCUT2D eigenvalue weighted by molar-refractivity contribution is -0.133. The second-order valence-electron chi connectivity index (χ2n) is 4.76. The topological polar surface area (TPSA) is 67.4 Å². The van der Waals surface area contributed by atoms with Crippen molar-refractivity contribution in [1.82, 2.24) is 10.6 Å². The predicted octanol–water partition coefficient (Wildman–Crippen LogP) is 2.40. The van der Waals surface area contributed by atoms with Gasteiger partial charge in [0.05, 0.1) is 0 Å². The first-order chi connectivity index (χ1) is 10.6. The molecule has 2 aromatic rings. The number of para-hydroxylation sites is 1. The summed E-state index contributed by atoms with van der Waals surface area (Å²) in [5, 5.41) is 5.14. The number of urea groups is 1. The molecule has 0 radical (unpaired) electrons. The van der Waals surface area contributed by atoms with Crippen LogP contribution in [0, 0.1) is 6.92 Å². The summed E-state index contributed by atoms with van der Waals surface area (Å²) < 4.78 is 5.18. The average Bonchev–Trinajstić information content (AvgIpc) is 2.54. The normalized spacial score (nSPS) is 9.86. The fourth-order valence-corrected chi connectivity index (χ4v) is 1.82. The van der Waals surface area contributed by atoms with E-state index in [2.05, 4.69) is 10.6 Å². The lowest BCUT2D eigenvalue weighted by Crippen LogP contribution is -2.39. The fourth-order valence-electron chi connectivity index (χ4n) is 1.82. The molecular weight excluding hydrogens is 280 g/mol. The summed E-state index contributed by atoms with van der Waals surface area (Å²) in [5.74, 6) is -0.0110. The number of benzene rings is 2. The number of carbonyl (C=O) groups is 2. The van der Waals surface area contributed by atoms with Gasteiger partial charge in [0, 0.05) is 6.54 Å². The van der Waals surface area contributed by atoms with Crippen LogP contribution in [0.5, 0.6) is 5.75 Å². The summed E-state index contributed by atoms with van der Waals surface area (Å²) in [6, 6.07) is 16.3. The van der Waals surface area contributed by atoms with Gasteiger partial charge in [-0.1, -0.05) is 48.5 Å². The van der Waals surface area contributed by atoms with Crippen LogP contribution in [-0.4, -0.2) is 18.5 Å². The first kappa shape index (κ1) is 15.6. The van der Waals surface area contributed by atoms with Crippen LogP contribution in [0.3, 0.4) is 0 Å². The predicted molar refractivity (Wildman–Crippen MR) is 83.5 cm³/mol. The SMILES string of the molecule is Cc1ccccc1OC(=O)CNC(=O)NCc1ccccc1. The molecule has 5 heteroatoms. The third-order valence-electron chi connectivity index (χ3n) is 3.01. The molecule has 5 nitrogen and oxygen atoms in total. The van der Waals surface area contributed by atoms with Gasteiger partial charge >= 0.3 is 12.0 Å². The van der Waals surface area contributed by atoms with Gasteiger partial charge in [-0.25, -0.2) is 9.59 Å². The zero-order valence-electron chi connectivity index (χ0n) is 12.3. The quantitative estimate of drug-likeness (QED) is 0.658. The monoisotopic (exact) mass is 298 g/mol. The first-order valence-corrected chi connectivity index (χ1v) is 6.97. The molecule has 0 spiro atoms. The molecule has 0 bridgehead atoms. The highest BCUT2D eigenvalue weighted by Crippen LogP contribution is 2.15. The van der Waals surface area contributed by atoms with Crippen LogP contribution in [0.25, 0.3) is 0 Å². The first-order valence-electron chi connectivity index (χ1n) is 6.97. The number of carbonyl (C=O) groups excluding carboxylic acids is 2. The largest absolute Gasteiger partial charge is 0.425 e. The molecule has 0 aliphatic heterocycles. The van der Waals surface area contributed by atoms with E-state index in [4.69, 9.17) is 4.74 Å². The van der Waals surface area contributed by atoms with Crippen molar-refractivity contribution in [2.75, 3.05) is 6.54 Å². The Morgan fingerprint density at radius 2 is 1.64 bits per heavy atom. The molecular formula is C17H18N2O3. The van der Waals surface area contributed by atoms with Gasteiger partial charge in [0.15, 0.2) is 0 Å². The van der Waals surface area contributed by atoms with Crippen molar-refractivity contribution in [3.05, 3.63) is 65.7 Å². The Balaban J connectivity index is 1.72. The third kappa shape index (κ3) is 4.94. The molecule has 0 unspecified atom stereocenters. The number of nitrogens with one attached hydrogen (secondary N) is 2. The Hall–Kier alpha value is -2.82. The third-order valence-corrected chi connectivity index (χ3v) is 3.01. The van der Waals surface area contributed by atoms with Gasteiger partial charge in [0.25, 0.3) is 0 Å². The number of hydrogen-bond donors (Lipinski definition) is 2. The minimum Gasteiger partial charge on any atom is -0.425 e. The van der Waals surface area contributed by atoms with Crippen LogP contribution in [0.2, 0.25) is 0 Å². The summed E-state index contributed by atoms with van der Waals surface area (Å²) in [6.07, 6.45) is 0. The number of hydrogen-bond acceptors (Lipinski definition) is 3.